The van der Waals surface area contributed by atoms with Gasteiger partial charge in [-0.1, -0.05) is 48.5 Å². The third kappa shape index (κ3) is 5.46. The lowest BCUT2D eigenvalue weighted by Gasteiger charge is -2.03. The zero-order valence-electron chi connectivity index (χ0n) is 15.7. The summed E-state index contributed by atoms with van der Waals surface area (Å²) < 4.78 is 26.4. The highest BCUT2D eigenvalue weighted by Crippen LogP contribution is 2.24. The molecular weight excluding hydrogens is 352 g/mol. The second kappa shape index (κ2) is 9.75. The Morgan fingerprint density at radius 1 is 0.786 bits per heavy atom. The van der Waals surface area contributed by atoms with E-state index in [0.717, 1.165) is 35.7 Å². The molecule has 3 aromatic carbocycles. The van der Waals surface area contributed by atoms with Gasteiger partial charge < -0.3 is 0 Å². The highest BCUT2D eigenvalue weighted by Gasteiger charge is 2.04. The van der Waals surface area contributed by atoms with E-state index < -0.39 is 11.6 Å². The van der Waals surface area contributed by atoms with E-state index in [1.807, 2.05) is 36.6 Å². The number of hydrogen-bond acceptors (Lipinski definition) is 1. The van der Waals surface area contributed by atoms with E-state index in [1.165, 1.54) is 24.5 Å². The quantitative estimate of drug-likeness (QED) is 0.223. The van der Waals surface area contributed by atoms with Crippen molar-refractivity contribution < 1.29 is 8.78 Å². The summed E-state index contributed by atoms with van der Waals surface area (Å²) in [5.74, 6) is -1.68. The van der Waals surface area contributed by atoms with Gasteiger partial charge in [0.25, 0.3) is 0 Å². The number of nitrogens with zero attached hydrogens (tertiary/aromatic N) is 1. The summed E-state index contributed by atoms with van der Waals surface area (Å²) >= 11 is 0. The minimum absolute atomic E-state index is 0.637. The molecule has 0 saturated carbocycles. The summed E-state index contributed by atoms with van der Waals surface area (Å²) in [5.41, 5.74) is 4.63. The second-order valence-corrected chi connectivity index (χ2v) is 6.71. The van der Waals surface area contributed by atoms with Crippen LogP contribution >= 0.6 is 0 Å². The number of hydrogen-bond donors (Lipinski definition) is 0. The molecule has 1 nitrogen and oxygen atoms in total. The fourth-order valence-electron chi connectivity index (χ4n) is 2.95. The second-order valence-electron chi connectivity index (χ2n) is 6.71. The van der Waals surface area contributed by atoms with E-state index in [9.17, 15) is 8.78 Å². The Hall–Kier alpha value is -3.07. The molecule has 0 aliphatic carbocycles. The Labute approximate surface area is 165 Å². The van der Waals surface area contributed by atoms with Gasteiger partial charge in [0.2, 0.25) is 0 Å². The van der Waals surface area contributed by atoms with Gasteiger partial charge in [-0.25, -0.2) is 8.78 Å². The standard InChI is InChI=1S/C25H23F2N/c1-2-3-4-5-6-19-7-9-20(10-8-19)18-28-23-14-11-21(12-15-23)22-13-16-24(26)25(27)17-22/h2,7-18H,1,3-6H2. The van der Waals surface area contributed by atoms with Crippen molar-refractivity contribution in [3.05, 3.63) is 102 Å². The van der Waals surface area contributed by atoms with Crippen LogP contribution in [0.4, 0.5) is 14.5 Å². The highest BCUT2D eigenvalue weighted by molar-refractivity contribution is 5.82. The Kier molecular flexibility index (Phi) is 6.85. The van der Waals surface area contributed by atoms with E-state index in [4.69, 9.17) is 0 Å². The maximum Gasteiger partial charge on any atom is 0.159 e. The summed E-state index contributed by atoms with van der Waals surface area (Å²) in [6, 6.07) is 19.8. The van der Waals surface area contributed by atoms with Crippen LogP contribution in [0, 0.1) is 11.6 Å². The molecule has 0 saturated heterocycles. The van der Waals surface area contributed by atoms with Crippen LogP contribution in [0.15, 0.2) is 84.4 Å². The number of aliphatic imine (C=N–C) groups is 1. The number of rotatable bonds is 8. The summed E-state index contributed by atoms with van der Waals surface area (Å²) in [6.07, 6.45) is 8.28. The summed E-state index contributed by atoms with van der Waals surface area (Å²) in [4.78, 5) is 4.49. The van der Waals surface area contributed by atoms with Crippen molar-refractivity contribution >= 4 is 11.9 Å². The van der Waals surface area contributed by atoms with E-state index >= 15 is 0 Å². The van der Waals surface area contributed by atoms with Crippen LogP contribution in [-0.4, -0.2) is 6.21 Å². The number of halogens is 2. The van der Waals surface area contributed by atoms with Crippen molar-refractivity contribution in [3.8, 4) is 11.1 Å². The molecule has 0 spiro atoms. The molecule has 0 fully saturated rings. The number of allylic oxidation sites excluding steroid dienone is 1. The van der Waals surface area contributed by atoms with Gasteiger partial charge in [-0.05, 0) is 72.2 Å². The molecular formula is C25H23F2N. The lowest BCUT2D eigenvalue weighted by atomic mass is 10.0. The average molecular weight is 375 g/mol. The Morgan fingerprint density at radius 2 is 1.50 bits per heavy atom. The minimum atomic E-state index is -0.844. The minimum Gasteiger partial charge on any atom is -0.256 e. The van der Waals surface area contributed by atoms with Crippen LogP contribution in [0.1, 0.15) is 30.4 Å². The number of unbranched alkanes of at least 4 members (excludes halogenated alkanes) is 2. The zero-order chi connectivity index (χ0) is 19.8. The van der Waals surface area contributed by atoms with Crippen LogP contribution in [0.2, 0.25) is 0 Å². The predicted octanol–water partition coefficient (Wildman–Crippen LogP) is 7.28. The van der Waals surface area contributed by atoms with Crippen LogP contribution in [-0.2, 0) is 6.42 Å². The first-order chi connectivity index (χ1) is 13.7. The average Bonchev–Trinajstić information content (AvgIpc) is 2.73. The molecule has 0 aliphatic rings. The van der Waals surface area contributed by atoms with Gasteiger partial charge >= 0.3 is 0 Å². The van der Waals surface area contributed by atoms with Gasteiger partial charge in [0.05, 0.1) is 5.69 Å². The van der Waals surface area contributed by atoms with Gasteiger partial charge in [-0.15, -0.1) is 6.58 Å². The van der Waals surface area contributed by atoms with Crippen LogP contribution in [0.3, 0.4) is 0 Å². The molecule has 3 rings (SSSR count). The van der Waals surface area contributed by atoms with Gasteiger partial charge in [0.15, 0.2) is 11.6 Å². The molecule has 3 aromatic rings. The lowest BCUT2D eigenvalue weighted by molar-refractivity contribution is 0.509. The normalized spacial score (nSPS) is 11.1. The van der Waals surface area contributed by atoms with Crippen LogP contribution in [0.25, 0.3) is 11.1 Å². The van der Waals surface area contributed by atoms with E-state index in [1.54, 1.807) is 6.07 Å². The molecule has 0 N–H and O–H groups in total. The highest BCUT2D eigenvalue weighted by atomic mass is 19.2. The lowest BCUT2D eigenvalue weighted by Crippen LogP contribution is -1.87. The monoisotopic (exact) mass is 375 g/mol. The molecule has 0 aromatic heterocycles. The summed E-state index contributed by atoms with van der Waals surface area (Å²) in [7, 11) is 0. The number of benzene rings is 3. The molecule has 0 unspecified atom stereocenters. The van der Waals surface area contributed by atoms with Gasteiger partial charge in [-0.3, -0.25) is 4.99 Å². The zero-order valence-corrected chi connectivity index (χ0v) is 15.7. The molecule has 0 heterocycles. The largest absolute Gasteiger partial charge is 0.256 e. The SMILES string of the molecule is C=CCCCCc1ccc(C=Nc2ccc(-c3ccc(F)c(F)c3)cc2)cc1. The van der Waals surface area contributed by atoms with Crippen molar-refractivity contribution in [2.45, 2.75) is 25.7 Å². The molecule has 3 heteroatoms. The van der Waals surface area contributed by atoms with Crippen molar-refractivity contribution in [3.63, 3.8) is 0 Å². The van der Waals surface area contributed by atoms with Crippen molar-refractivity contribution in [1.29, 1.82) is 0 Å². The molecule has 0 radical (unpaired) electrons. The van der Waals surface area contributed by atoms with Gasteiger partial charge in [-0.2, -0.15) is 0 Å². The Bertz CT molecular complexity index is 941. The van der Waals surface area contributed by atoms with E-state index in [2.05, 4.69) is 35.8 Å². The maximum atomic E-state index is 13.4. The molecule has 0 aliphatic heterocycles. The van der Waals surface area contributed by atoms with Crippen LogP contribution < -0.4 is 0 Å². The smallest absolute Gasteiger partial charge is 0.159 e. The van der Waals surface area contributed by atoms with Crippen LogP contribution in [0.5, 0.6) is 0 Å². The molecule has 28 heavy (non-hydrogen) atoms. The van der Waals surface area contributed by atoms with Gasteiger partial charge in [0.1, 0.15) is 0 Å². The van der Waals surface area contributed by atoms with E-state index in [0.29, 0.717) is 5.56 Å². The Morgan fingerprint density at radius 3 is 2.18 bits per heavy atom. The Balaban J connectivity index is 1.61. The van der Waals surface area contributed by atoms with Gasteiger partial charge in [0, 0.05) is 6.21 Å². The number of aryl methyl sites for hydroxylation is 1. The molecule has 0 bridgehead atoms. The fourth-order valence-corrected chi connectivity index (χ4v) is 2.95. The van der Waals surface area contributed by atoms with Crippen molar-refractivity contribution in [2.75, 3.05) is 0 Å². The first kappa shape index (κ1) is 19.7. The third-order valence-electron chi connectivity index (χ3n) is 4.59. The first-order valence-corrected chi connectivity index (χ1v) is 9.45. The molecule has 0 atom stereocenters. The maximum absolute atomic E-state index is 13.4. The first-order valence-electron chi connectivity index (χ1n) is 9.45. The van der Waals surface area contributed by atoms with Crippen molar-refractivity contribution in [2.24, 2.45) is 4.99 Å². The predicted molar refractivity (Wildman–Crippen MR) is 113 cm³/mol. The van der Waals surface area contributed by atoms with Crippen molar-refractivity contribution in [1.82, 2.24) is 0 Å². The fraction of sp³-hybridized carbons (Fsp3) is 0.160. The molecule has 0 amide bonds. The molecule has 142 valence electrons. The summed E-state index contributed by atoms with van der Waals surface area (Å²) in [5, 5.41) is 0. The summed E-state index contributed by atoms with van der Waals surface area (Å²) in [6.45, 7) is 3.75. The van der Waals surface area contributed by atoms with E-state index in [-0.39, 0.29) is 0 Å². The third-order valence-corrected chi connectivity index (χ3v) is 4.59. The topological polar surface area (TPSA) is 12.4 Å².